The molecule has 1 aliphatic heterocycles. The fourth-order valence-corrected chi connectivity index (χ4v) is 3.75. The SMILES string of the molecule is Cc1cc(O)c2c(c1)C(=O)c1cc(O[C@@H]3O[C@H](CO)[C@@H](O)[C@H](O)[C@H]3O)ccc1C2=O. The van der Waals surface area contributed by atoms with Crippen molar-refractivity contribution in [2.75, 3.05) is 6.61 Å². The second kappa shape index (κ2) is 7.46. The first kappa shape index (κ1) is 20.5. The van der Waals surface area contributed by atoms with E-state index >= 15 is 0 Å². The number of ketones is 2. The predicted molar refractivity (Wildman–Crippen MR) is 101 cm³/mol. The minimum absolute atomic E-state index is 0.0549. The van der Waals surface area contributed by atoms with Crippen molar-refractivity contribution in [2.24, 2.45) is 0 Å². The van der Waals surface area contributed by atoms with Crippen LogP contribution in [-0.4, -0.2) is 74.4 Å². The topological polar surface area (TPSA) is 154 Å². The van der Waals surface area contributed by atoms with Crippen LogP contribution in [0.2, 0.25) is 0 Å². The molecule has 0 aromatic heterocycles. The fraction of sp³-hybridized carbons (Fsp3) is 0.333. The van der Waals surface area contributed by atoms with E-state index in [0.717, 1.165) is 0 Å². The monoisotopic (exact) mass is 416 g/mol. The first-order valence-corrected chi connectivity index (χ1v) is 9.27. The number of benzene rings is 2. The van der Waals surface area contributed by atoms with Gasteiger partial charge in [0, 0.05) is 16.7 Å². The minimum atomic E-state index is -1.61. The Bertz CT molecular complexity index is 1030. The molecule has 5 N–H and O–H groups in total. The Balaban J connectivity index is 1.67. The van der Waals surface area contributed by atoms with Gasteiger partial charge in [0.15, 0.2) is 11.6 Å². The van der Waals surface area contributed by atoms with E-state index in [2.05, 4.69) is 0 Å². The fourth-order valence-electron chi connectivity index (χ4n) is 3.75. The van der Waals surface area contributed by atoms with Crippen LogP contribution >= 0.6 is 0 Å². The van der Waals surface area contributed by atoms with Gasteiger partial charge >= 0.3 is 0 Å². The quantitative estimate of drug-likeness (QED) is 0.386. The molecule has 5 atom stereocenters. The van der Waals surface area contributed by atoms with Crippen molar-refractivity contribution in [3.8, 4) is 11.5 Å². The van der Waals surface area contributed by atoms with Crippen LogP contribution < -0.4 is 4.74 Å². The highest BCUT2D eigenvalue weighted by Crippen LogP contribution is 2.35. The Labute approximate surface area is 170 Å². The number of hydrogen-bond acceptors (Lipinski definition) is 9. The molecule has 0 unspecified atom stereocenters. The van der Waals surface area contributed by atoms with E-state index in [1.807, 2.05) is 0 Å². The number of aromatic hydroxyl groups is 1. The predicted octanol–water partition coefficient (Wildman–Crippen LogP) is -0.345. The van der Waals surface area contributed by atoms with E-state index in [-0.39, 0.29) is 33.8 Å². The number of carbonyl (C=O) groups excluding carboxylic acids is 2. The summed E-state index contributed by atoms with van der Waals surface area (Å²) in [6, 6.07) is 6.97. The molecule has 2 aromatic rings. The van der Waals surface area contributed by atoms with Crippen molar-refractivity contribution in [2.45, 2.75) is 37.6 Å². The number of hydrogen-bond donors (Lipinski definition) is 5. The van der Waals surface area contributed by atoms with E-state index in [4.69, 9.17) is 9.47 Å². The van der Waals surface area contributed by atoms with Gasteiger partial charge in [-0.3, -0.25) is 9.59 Å². The molecule has 30 heavy (non-hydrogen) atoms. The van der Waals surface area contributed by atoms with Gasteiger partial charge in [0.1, 0.15) is 35.9 Å². The normalized spacial score (nSPS) is 28.1. The zero-order valence-corrected chi connectivity index (χ0v) is 15.8. The van der Waals surface area contributed by atoms with Gasteiger partial charge in [0.05, 0.1) is 12.2 Å². The summed E-state index contributed by atoms with van der Waals surface area (Å²) >= 11 is 0. The van der Waals surface area contributed by atoms with E-state index in [9.17, 15) is 35.1 Å². The Morgan fingerprint density at radius 1 is 0.933 bits per heavy atom. The molecule has 0 spiro atoms. The van der Waals surface area contributed by atoms with Gasteiger partial charge in [-0.25, -0.2) is 0 Å². The van der Waals surface area contributed by atoms with Crippen molar-refractivity contribution >= 4 is 11.6 Å². The molecule has 1 heterocycles. The van der Waals surface area contributed by atoms with Crippen molar-refractivity contribution in [3.05, 3.63) is 58.1 Å². The molecule has 4 rings (SSSR count). The zero-order valence-electron chi connectivity index (χ0n) is 15.8. The molecule has 9 heteroatoms. The number of aliphatic hydroxyl groups excluding tert-OH is 4. The highest BCUT2D eigenvalue weighted by Gasteiger charge is 2.45. The van der Waals surface area contributed by atoms with Gasteiger partial charge in [-0.1, -0.05) is 0 Å². The Hall–Kier alpha value is -2.82. The summed E-state index contributed by atoms with van der Waals surface area (Å²) in [5.41, 5.74) is 0.785. The number of aliphatic hydroxyl groups is 4. The van der Waals surface area contributed by atoms with Crippen LogP contribution in [0.15, 0.2) is 30.3 Å². The van der Waals surface area contributed by atoms with Gasteiger partial charge in [-0.05, 0) is 42.8 Å². The Morgan fingerprint density at radius 2 is 1.67 bits per heavy atom. The molecular formula is C21H20O9. The van der Waals surface area contributed by atoms with Crippen molar-refractivity contribution in [1.29, 1.82) is 0 Å². The lowest BCUT2D eigenvalue weighted by atomic mass is 9.83. The lowest BCUT2D eigenvalue weighted by Crippen LogP contribution is -2.60. The maximum absolute atomic E-state index is 13.0. The molecule has 2 aliphatic rings. The molecular weight excluding hydrogens is 396 g/mol. The highest BCUT2D eigenvalue weighted by atomic mass is 16.7. The van der Waals surface area contributed by atoms with E-state index in [0.29, 0.717) is 5.56 Å². The van der Waals surface area contributed by atoms with Crippen LogP contribution in [0.5, 0.6) is 11.5 Å². The lowest BCUT2D eigenvalue weighted by Gasteiger charge is -2.39. The van der Waals surface area contributed by atoms with Crippen LogP contribution in [0.1, 0.15) is 37.4 Å². The summed E-state index contributed by atoms with van der Waals surface area (Å²) in [7, 11) is 0. The van der Waals surface area contributed by atoms with Crippen molar-refractivity contribution in [1.82, 2.24) is 0 Å². The number of phenols is 1. The van der Waals surface area contributed by atoms with E-state index in [1.54, 1.807) is 6.92 Å². The van der Waals surface area contributed by atoms with Gasteiger partial charge in [-0.15, -0.1) is 0 Å². The van der Waals surface area contributed by atoms with Gasteiger partial charge in [0.25, 0.3) is 0 Å². The molecule has 158 valence electrons. The summed E-state index contributed by atoms with van der Waals surface area (Å²) in [4.78, 5) is 25.7. The van der Waals surface area contributed by atoms with Crippen LogP contribution in [0.4, 0.5) is 0 Å². The molecule has 1 aliphatic carbocycles. The molecule has 2 aromatic carbocycles. The molecule has 0 amide bonds. The van der Waals surface area contributed by atoms with Gasteiger partial charge in [0.2, 0.25) is 6.29 Å². The zero-order chi connectivity index (χ0) is 21.7. The molecule has 0 radical (unpaired) electrons. The smallest absolute Gasteiger partial charge is 0.229 e. The minimum Gasteiger partial charge on any atom is -0.507 e. The molecule has 1 saturated heterocycles. The van der Waals surface area contributed by atoms with Crippen molar-refractivity contribution in [3.63, 3.8) is 0 Å². The molecule has 0 bridgehead atoms. The summed E-state index contributed by atoms with van der Waals surface area (Å²) in [6.07, 6.45) is -7.32. The third kappa shape index (κ3) is 3.17. The maximum Gasteiger partial charge on any atom is 0.229 e. The van der Waals surface area contributed by atoms with E-state index in [1.165, 1.54) is 30.3 Å². The van der Waals surface area contributed by atoms with Crippen LogP contribution in [-0.2, 0) is 4.74 Å². The average molecular weight is 416 g/mol. The first-order chi connectivity index (χ1) is 14.2. The number of rotatable bonds is 3. The second-order valence-electron chi connectivity index (χ2n) is 7.39. The van der Waals surface area contributed by atoms with Crippen LogP contribution in [0, 0.1) is 6.92 Å². The summed E-state index contributed by atoms with van der Waals surface area (Å²) < 4.78 is 10.8. The number of carbonyl (C=O) groups is 2. The van der Waals surface area contributed by atoms with Crippen LogP contribution in [0.3, 0.4) is 0 Å². The lowest BCUT2D eigenvalue weighted by molar-refractivity contribution is -0.277. The average Bonchev–Trinajstić information content (AvgIpc) is 2.71. The maximum atomic E-state index is 13.0. The summed E-state index contributed by atoms with van der Waals surface area (Å²) in [5, 5.41) is 49.3. The third-order valence-electron chi connectivity index (χ3n) is 5.31. The molecule has 9 nitrogen and oxygen atoms in total. The summed E-state index contributed by atoms with van der Waals surface area (Å²) in [5.74, 6) is -1.18. The van der Waals surface area contributed by atoms with E-state index < -0.39 is 48.9 Å². The standard InChI is InChI=1S/C21H20O9/c1-8-4-12-15(13(23)5-8)17(25)10-3-2-9(6-11(10)16(12)24)29-21-20(28)19(27)18(26)14(7-22)30-21/h2-6,14,18-23,26-28H,7H2,1H3/t14-,18-,19+,20-,21-/m1/s1. The highest BCUT2D eigenvalue weighted by molar-refractivity contribution is 6.29. The second-order valence-corrected chi connectivity index (χ2v) is 7.39. The summed E-state index contributed by atoms with van der Waals surface area (Å²) in [6.45, 7) is 1.08. The van der Waals surface area contributed by atoms with Crippen molar-refractivity contribution < 1.29 is 44.6 Å². The number of fused-ring (bicyclic) bond motifs is 2. The number of aryl methyl sites for hydroxylation is 1. The van der Waals surface area contributed by atoms with Gasteiger partial charge < -0.3 is 35.0 Å². The third-order valence-corrected chi connectivity index (χ3v) is 5.31. The Kier molecular flexibility index (Phi) is 5.08. The first-order valence-electron chi connectivity index (χ1n) is 9.27. The molecule has 0 saturated carbocycles. The largest absolute Gasteiger partial charge is 0.507 e. The van der Waals surface area contributed by atoms with Gasteiger partial charge in [-0.2, -0.15) is 0 Å². The Morgan fingerprint density at radius 3 is 2.37 bits per heavy atom. The van der Waals surface area contributed by atoms with Crippen LogP contribution in [0.25, 0.3) is 0 Å². The number of phenolic OH excluding ortho intramolecular Hbond substituents is 1. The number of ether oxygens (including phenoxy) is 2. The molecule has 1 fully saturated rings.